The van der Waals surface area contributed by atoms with Crippen molar-refractivity contribution in [2.75, 3.05) is 26.8 Å². The molecule has 0 spiro atoms. The number of rotatable bonds is 0. The van der Waals surface area contributed by atoms with Gasteiger partial charge in [0.1, 0.15) is 13.2 Å². The molecule has 4 heteroatoms. The second kappa shape index (κ2) is 4.81. The summed E-state index contributed by atoms with van der Waals surface area (Å²) in [5.41, 5.74) is 3.14. The van der Waals surface area contributed by atoms with Gasteiger partial charge in [-0.15, -0.1) is 0 Å². The maximum atomic E-state index is 10.6. The highest BCUT2D eigenvalue weighted by atomic mass is 16.6. The van der Waals surface area contributed by atoms with Crippen molar-refractivity contribution in [3.05, 3.63) is 17.2 Å². The number of likely N-dealkylation sites (N-methyl/N-ethyl adjacent to an activating group) is 1. The number of aromatic hydroxyl groups is 1. The lowest BCUT2D eigenvalue weighted by molar-refractivity contribution is -0.0743. The number of phenolic OH excluding ortho intramolecular Hbond substituents is 1. The molecule has 130 valence electrons. The van der Waals surface area contributed by atoms with Gasteiger partial charge in [-0.3, -0.25) is 0 Å². The highest BCUT2D eigenvalue weighted by molar-refractivity contribution is 5.63. The van der Waals surface area contributed by atoms with Gasteiger partial charge in [0.25, 0.3) is 0 Å². The molecular weight excluding hydrogens is 302 g/mol. The van der Waals surface area contributed by atoms with Gasteiger partial charge in [-0.25, -0.2) is 0 Å². The fraction of sp³-hybridized carbons (Fsp3) is 0.700. The average molecular weight is 329 g/mol. The number of benzene rings is 1. The van der Waals surface area contributed by atoms with Gasteiger partial charge in [0.2, 0.25) is 5.75 Å². The quantitative estimate of drug-likeness (QED) is 0.793. The molecule has 0 radical (unpaired) electrons. The lowest BCUT2D eigenvalue weighted by atomic mass is 9.44. The van der Waals surface area contributed by atoms with Crippen LogP contribution in [0.15, 0.2) is 6.07 Å². The average Bonchev–Trinajstić information content (AvgIpc) is 2.59. The van der Waals surface area contributed by atoms with E-state index in [1.807, 2.05) is 6.07 Å². The summed E-state index contributed by atoms with van der Waals surface area (Å²) in [7, 11) is 2.28. The van der Waals surface area contributed by atoms with Gasteiger partial charge in [0, 0.05) is 17.0 Å². The van der Waals surface area contributed by atoms with Crippen LogP contribution in [0.25, 0.3) is 0 Å². The van der Waals surface area contributed by atoms with E-state index in [0.29, 0.717) is 30.4 Å². The SMILES string of the molecule is CN1CC[C@@]23CCCC[C@]2(C)[C@@H]1Cc1c3cc(O)c2c1OCCO2. The van der Waals surface area contributed by atoms with Gasteiger partial charge in [0.05, 0.1) is 0 Å². The third kappa shape index (κ3) is 1.63. The topological polar surface area (TPSA) is 41.9 Å². The van der Waals surface area contributed by atoms with Gasteiger partial charge >= 0.3 is 0 Å². The molecule has 2 aliphatic heterocycles. The Kier molecular flexibility index (Phi) is 2.98. The summed E-state index contributed by atoms with van der Waals surface area (Å²) in [6.45, 7) is 4.75. The van der Waals surface area contributed by atoms with Crippen molar-refractivity contribution in [1.29, 1.82) is 0 Å². The highest BCUT2D eigenvalue weighted by Crippen LogP contribution is 2.65. The number of hydrogen-bond donors (Lipinski definition) is 1. The molecule has 0 aromatic heterocycles. The molecule has 2 bridgehead atoms. The number of hydrogen-bond acceptors (Lipinski definition) is 4. The molecule has 1 aromatic carbocycles. The first-order valence-electron chi connectivity index (χ1n) is 9.42. The normalized spacial score (nSPS) is 37.5. The summed E-state index contributed by atoms with van der Waals surface area (Å²) in [4.78, 5) is 2.56. The Bertz CT molecular complexity index is 703. The van der Waals surface area contributed by atoms with E-state index in [4.69, 9.17) is 9.47 Å². The molecule has 2 fully saturated rings. The predicted molar refractivity (Wildman–Crippen MR) is 92.1 cm³/mol. The van der Waals surface area contributed by atoms with E-state index < -0.39 is 0 Å². The molecular formula is C20H27NO3. The molecule has 1 saturated heterocycles. The molecule has 2 heterocycles. The molecule has 0 unspecified atom stereocenters. The standard InChI is InChI=1S/C20H27NO3/c1-19-5-3-4-6-20(19)7-8-21(2)16(19)11-13-14(20)12-15(22)18-17(13)23-9-10-24-18/h12,16,22H,3-11H2,1-2H3/t16-,19+,20+/m0/s1. The van der Waals surface area contributed by atoms with E-state index in [2.05, 4.69) is 18.9 Å². The van der Waals surface area contributed by atoms with E-state index in [1.165, 1.54) is 43.2 Å². The summed E-state index contributed by atoms with van der Waals surface area (Å²) in [5, 5.41) is 10.6. The number of fused-ring (bicyclic) bond motifs is 3. The molecule has 0 amide bonds. The van der Waals surface area contributed by atoms with E-state index in [-0.39, 0.29) is 11.2 Å². The molecule has 4 nitrogen and oxygen atoms in total. The largest absolute Gasteiger partial charge is 0.504 e. The van der Waals surface area contributed by atoms with Crippen LogP contribution in [0.2, 0.25) is 0 Å². The van der Waals surface area contributed by atoms with Gasteiger partial charge in [-0.05, 0) is 56.3 Å². The molecule has 1 aromatic rings. The van der Waals surface area contributed by atoms with Crippen molar-refractivity contribution < 1.29 is 14.6 Å². The summed E-state index contributed by atoms with van der Waals surface area (Å²) in [5.74, 6) is 1.66. The number of phenols is 1. The van der Waals surface area contributed by atoms with Crippen LogP contribution >= 0.6 is 0 Å². The molecule has 1 saturated carbocycles. The summed E-state index contributed by atoms with van der Waals surface area (Å²) < 4.78 is 11.7. The minimum Gasteiger partial charge on any atom is -0.504 e. The van der Waals surface area contributed by atoms with Crippen LogP contribution in [0.5, 0.6) is 17.2 Å². The number of likely N-dealkylation sites (tertiary alicyclic amines) is 1. The first-order chi connectivity index (χ1) is 11.6. The van der Waals surface area contributed by atoms with Crippen molar-refractivity contribution in [3.8, 4) is 17.2 Å². The first kappa shape index (κ1) is 14.9. The van der Waals surface area contributed by atoms with Crippen LogP contribution in [-0.4, -0.2) is 42.9 Å². The zero-order valence-electron chi connectivity index (χ0n) is 14.7. The van der Waals surface area contributed by atoms with E-state index >= 15 is 0 Å². The van der Waals surface area contributed by atoms with Gasteiger partial charge in [-0.1, -0.05) is 19.8 Å². The van der Waals surface area contributed by atoms with Gasteiger partial charge in [-0.2, -0.15) is 0 Å². The Labute approximate surface area is 143 Å². The number of nitrogens with zero attached hydrogens (tertiary/aromatic N) is 1. The van der Waals surface area contributed by atoms with Gasteiger partial charge in [0.15, 0.2) is 11.5 Å². The van der Waals surface area contributed by atoms with E-state index in [1.54, 1.807) is 0 Å². The van der Waals surface area contributed by atoms with Crippen molar-refractivity contribution in [1.82, 2.24) is 4.90 Å². The summed E-state index contributed by atoms with van der Waals surface area (Å²) in [6, 6.07) is 2.58. The Morgan fingerprint density at radius 1 is 1.12 bits per heavy atom. The number of piperidine rings is 1. The zero-order chi connectivity index (χ0) is 16.5. The molecule has 4 aliphatic rings. The van der Waals surface area contributed by atoms with Crippen LogP contribution in [0, 0.1) is 5.41 Å². The van der Waals surface area contributed by atoms with Crippen LogP contribution in [-0.2, 0) is 11.8 Å². The zero-order valence-corrected chi connectivity index (χ0v) is 14.7. The number of ether oxygens (including phenoxy) is 2. The van der Waals surface area contributed by atoms with Gasteiger partial charge < -0.3 is 19.5 Å². The maximum absolute atomic E-state index is 10.6. The Morgan fingerprint density at radius 2 is 1.88 bits per heavy atom. The highest BCUT2D eigenvalue weighted by Gasteiger charge is 2.61. The Balaban J connectivity index is 1.78. The molecule has 3 atom stereocenters. The lowest BCUT2D eigenvalue weighted by Gasteiger charge is -2.65. The van der Waals surface area contributed by atoms with Crippen LogP contribution in [0.1, 0.15) is 50.2 Å². The first-order valence-corrected chi connectivity index (χ1v) is 9.42. The molecule has 5 rings (SSSR count). The third-order valence-electron chi connectivity index (χ3n) is 7.61. The summed E-state index contributed by atoms with van der Waals surface area (Å²) >= 11 is 0. The predicted octanol–water partition coefficient (Wildman–Crippen LogP) is 3.24. The van der Waals surface area contributed by atoms with Crippen molar-refractivity contribution in [3.63, 3.8) is 0 Å². The monoisotopic (exact) mass is 329 g/mol. The molecule has 2 aliphatic carbocycles. The van der Waals surface area contributed by atoms with Crippen LogP contribution in [0.4, 0.5) is 0 Å². The molecule has 24 heavy (non-hydrogen) atoms. The van der Waals surface area contributed by atoms with Crippen molar-refractivity contribution in [2.24, 2.45) is 5.41 Å². The van der Waals surface area contributed by atoms with E-state index in [0.717, 1.165) is 18.7 Å². The smallest absolute Gasteiger partial charge is 0.203 e. The van der Waals surface area contributed by atoms with Crippen LogP contribution in [0.3, 0.4) is 0 Å². The summed E-state index contributed by atoms with van der Waals surface area (Å²) in [6.07, 6.45) is 7.34. The fourth-order valence-electron chi connectivity index (χ4n) is 6.38. The Hall–Kier alpha value is -1.42. The Morgan fingerprint density at radius 3 is 2.71 bits per heavy atom. The van der Waals surface area contributed by atoms with Crippen molar-refractivity contribution in [2.45, 2.75) is 56.9 Å². The second-order valence-electron chi connectivity index (χ2n) is 8.43. The minimum absolute atomic E-state index is 0.184. The fourth-order valence-corrected chi connectivity index (χ4v) is 6.38. The van der Waals surface area contributed by atoms with Crippen molar-refractivity contribution >= 4 is 0 Å². The minimum atomic E-state index is 0.184. The maximum Gasteiger partial charge on any atom is 0.203 e. The lowest BCUT2D eigenvalue weighted by Crippen LogP contribution is -2.66. The molecule has 1 N–H and O–H groups in total. The van der Waals surface area contributed by atoms with Crippen LogP contribution < -0.4 is 9.47 Å². The third-order valence-corrected chi connectivity index (χ3v) is 7.61. The van der Waals surface area contributed by atoms with E-state index in [9.17, 15) is 5.11 Å². The second-order valence-corrected chi connectivity index (χ2v) is 8.43.